The van der Waals surface area contributed by atoms with E-state index in [1.54, 1.807) is 12.5 Å². The lowest BCUT2D eigenvalue weighted by Crippen LogP contribution is -2.44. The highest BCUT2D eigenvalue weighted by atomic mass is 32.2. The topological polar surface area (TPSA) is 63.9 Å². The normalized spacial score (nSPS) is 17.2. The molecule has 1 aromatic carbocycles. The van der Waals surface area contributed by atoms with Crippen LogP contribution in [0.25, 0.3) is 16.7 Å². The molecular formula is C21H25N5OS. The summed E-state index contributed by atoms with van der Waals surface area (Å²) >= 11 is 1.48. The van der Waals surface area contributed by atoms with Crippen LogP contribution in [-0.4, -0.2) is 48.9 Å². The lowest BCUT2D eigenvalue weighted by atomic mass is 10.0. The van der Waals surface area contributed by atoms with Gasteiger partial charge in [0, 0.05) is 12.6 Å². The largest absolute Gasteiger partial charge is 0.339 e. The Kier molecular flexibility index (Phi) is 5.62. The van der Waals surface area contributed by atoms with Gasteiger partial charge in [-0.2, -0.15) is 5.10 Å². The Morgan fingerprint density at radius 1 is 1.21 bits per heavy atom. The third-order valence-electron chi connectivity index (χ3n) is 5.36. The van der Waals surface area contributed by atoms with E-state index in [1.807, 2.05) is 16.8 Å². The SMILES string of the molecule is CCC1CCCCN1C(=O)CSc1ncnc2c1cnn2-c1ccc(C)cc1. The van der Waals surface area contributed by atoms with Gasteiger partial charge in [0.1, 0.15) is 11.4 Å². The van der Waals surface area contributed by atoms with E-state index in [0.29, 0.717) is 11.8 Å². The Balaban J connectivity index is 1.53. The second kappa shape index (κ2) is 8.31. The molecule has 6 nitrogen and oxygen atoms in total. The second-order valence-electron chi connectivity index (χ2n) is 7.24. The summed E-state index contributed by atoms with van der Waals surface area (Å²) in [5, 5.41) is 6.19. The molecule has 1 aliphatic heterocycles. The van der Waals surface area contributed by atoms with Crippen molar-refractivity contribution in [3.63, 3.8) is 0 Å². The zero-order valence-electron chi connectivity index (χ0n) is 16.3. The number of rotatable bonds is 5. The number of likely N-dealkylation sites (tertiary alicyclic amines) is 1. The van der Waals surface area contributed by atoms with E-state index in [2.05, 4.69) is 45.9 Å². The number of hydrogen-bond acceptors (Lipinski definition) is 5. The lowest BCUT2D eigenvalue weighted by molar-refractivity contribution is -0.132. The monoisotopic (exact) mass is 395 g/mol. The molecule has 4 rings (SSSR count). The highest BCUT2D eigenvalue weighted by molar-refractivity contribution is 8.00. The van der Waals surface area contributed by atoms with E-state index < -0.39 is 0 Å². The highest BCUT2D eigenvalue weighted by Crippen LogP contribution is 2.27. The van der Waals surface area contributed by atoms with E-state index in [-0.39, 0.29) is 5.91 Å². The van der Waals surface area contributed by atoms with Crippen molar-refractivity contribution in [2.24, 2.45) is 0 Å². The van der Waals surface area contributed by atoms with Gasteiger partial charge < -0.3 is 4.90 Å². The average Bonchev–Trinajstić information content (AvgIpc) is 3.17. The summed E-state index contributed by atoms with van der Waals surface area (Å²) in [6, 6.07) is 8.56. The molecule has 0 radical (unpaired) electrons. The Labute approximate surface area is 169 Å². The van der Waals surface area contributed by atoms with Gasteiger partial charge in [-0.15, -0.1) is 0 Å². The third-order valence-corrected chi connectivity index (χ3v) is 6.35. The van der Waals surface area contributed by atoms with Gasteiger partial charge >= 0.3 is 0 Å². The summed E-state index contributed by atoms with van der Waals surface area (Å²) < 4.78 is 1.82. The van der Waals surface area contributed by atoms with Crippen molar-refractivity contribution in [3.05, 3.63) is 42.4 Å². The first-order chi connectivity index (χ1) is 13.7. The number of benzene rings is 1. The number of piperidine rings is 1. The lowest BCUT2D eigenvalue weighted by Gasteiger charge is -2.35. The fraction of sp³-hybridized carbons (Fsp3) is 0.429. The summed E-state index contributed by atoms with van der Waals surface area (Å²) in [5.74, 6) is 0.604. The maximum Gasteiger partial charge on any atom is 0.233 e. The van der Waals surface area contributed by atoms with Crippen molar-refractivity contribution in [2.75, 3.05) is 12.3 Å². The maximum atomic E-state index is 12.8. The smallest absolute Gasteiger partial charge is 0.233 e. The minimum atomic E-state index is 0.203. The number of carbonyl (C=O) groups is 1. The Morgan fingerprint density at radius 3 is 2.82 bits per heavy atom. The molecule has 3 heterocycles. The number of amides is 1. The Morgan fingerprint density at radius 2 is 2.04 bits per heavy atom. The van der Waals surface area contributed by atoms with Crippen LogP contribution in [0.1, 0.15) is 38.2 Å². The number of hydrogen-bond donors (Lipinski definition) is 0. The minimum absolute atomic E-state index is 0.203. The summed E-state index contributed by atoms with van der Waals surface area (Å²) in [7, 11) is 0. The first-order valence-electron chi connectivity index (χ1n) is 9.85. The molecular weight excluding hydrogens is 370 g/mol. The molecule has 1 unspecified atom stereocenters. The number of carbonyl (C=O) groups excluding carboxylic acids is 1. The standard InChI is InChI=1S/C21H25N5OS/c1-3-16-6-4-5-11-25(16)19(27)13-28-21-18-12-24-26(20(18)22-14-23-21)17-9-7-15(2)8-10-17/h7-10,12,14,16H,3-6,11,13H2,1-2H3. The zero-order chi connectivity index (χ0) is 19.5. The fourth-order valence-electron chi connectivity index (χ4n) is 3.78. The van der Waals surface area contributed by atoms with Crippen molar-refractivity contribution >= 4 is 28.7 Å². The number of nitrogens with zero attached hydrogens (tertiary/aromatic N) is 5. The van der Waals surface area contributed by atoms with Gasteiger partial charge in [0.25, 0.3) is 0 Å². The molecule has 1 amide bonds. The van der Waals surface area contributed by atoms with Crippen molar-refractivity contribution in [1.82, 2.24) is 24.6 Å². The molecule has 0 bridgehead atoms. The first-order valence-corrected chi connectivity index (χ1v) is 10.8. The van der Waals surface area contributed by atoms with Gasteiger partial charge in [-0.3, -0.25) is 4.79 Å². The second-order valence-corrected chi connectivity index (χ2v) is 8.21. The quantitative estimate of drug-likeness (QED) is 0.482. The molecule has 1 atom stereocenters. The van der Waals surface area contributed by atoms with Crippen molar-refractivity contribution in [1.29, 1.82) is 0 Å². The average molecular weight is 396 g/mol. The van der Waals surface area contributed by atoms with Crippen LogP contribution in [0.3, 0.4) is 0 Å². The van der Waals surface area contributed by atoms with Crippen LogP contribution in [-0.2, 0) is 4.79 Å². The van der Waals surface area contributed by atoms with Crippen LogP contribution < -0.4 is 0 Å². The summed E-state index contributed by atoms with van der Waals surface area (Å²) in [6.07, 6.45) is 7.81. The van der Waals surface area contributed by atoms with E-state index >= 15 is 0 Å². The minimum Gasteiger partial charge on any atom is -0.339 e. The predicted molar refractivity (Wildman–Crippen MR) is 112 cm³/mol. The molecule has 3 aromatic rings. The molecule has 0 aliphatic carbocycles. The number of fused-ring (bicyclic) bond motifs is 1. The first kappa shape index (κ1) is 18.9. The fourth-order valence-corrected chi connectivity index (χ4v) is 4.63. The van der Waals surface area contributed by atoms with Gasteiger partial charge in [0.05, 0.1) is 23.0 Å². The van der Waals surface area contributed by atoms with Crippen LogP contribution in [0, 0.1) is 6.92 Å². The molecule has 0 spiro atoms. The summed E-state index contributed by atoms with van der Waals surface area (Å²) in [4.78, 5) is 23.7. The molecule has 7 heteroatoms. The molecule has 1 aliphatic rings. The molecule has 1 saturated heterocycles. The molecule has 0 N–H and O–H groups in total. The van der Waals surface area contributed by atoms with Gasteiger partial charge in [0.2, 0.25) is 5.91 Å². The van der Waals surface area contributed by atoms with E-state index in [9.17, 15) is 4.79 Å². The highest BCUT2D eigenvalue weighted by Gasteiger charge is 2.25. The number of aromatic nitrogens is 4. The zero-order valence-corrected chi connectivity index (χ0v) is 17.2. The van der Waals surface area contributed by atoms with Crippen LogP contribution in [0.15, 0.2) is 41.8 Å². The Bertz CT molecular complexity index is 969. The van der Waals surface area contributed by atoms with E-state index in [4.69, 9.17) is 0 Å². The predicted octanol–water partition coefficient (Wildman–Crippen LogP) is 4.01. The van der Waals surface area contributed by atoms with Crippen LogP contribution in [0.4, 0.5) is 0 Å². The molecule has 28 heavy (non-hydrogen) atoms. The van der Waals surface area contributed by atoms with Crippen molar-refractivity contribution < 1.29 is 4.79 Å². The summed E-state index contributed by atoms with van der Waals surface area (Å²) in [5.41, 5.74) is 2.93. The van der Waals surface area contributed by atoms with Gasteiger partial charge in [-0.1, -0.05) is 36.4 Å². The number of aryl methyl sites for hydroxylation is 1. The van der Waals surface area contributed by atoms with Crippen molar-refractivity contribution in [3.8, 4) is 5.69 Å². The Hall–Kier alpha value is -2.41. The van der Waals surface area contributed by atoms with E-state index in [1.165, 1.54) is 23.7 Å². The van der Waals surface area contributed by atoms with Crippen LogP contribution >= 0.6 is 11.8 Å². The molecule has 2 aromatic heterocycles. The van der Waals surface area contributed by atoms with Crippen LogP contribution in [0.5, 0.6) is 0 Å². The molecule has 146 valence electrons. The van der Waals surface area contributed by atoms with Gasteiger partial charge in [-0.25, -0.2) is 14.6 Å². The van der Waals surface area contributed by atoms with E-state index in [0.717, 1.165) is 47.6 Å². The summed E-state index contributed by atoms with van der Waals surface area (Å²) in [6.45, 7) is 5.10. The third kappa shape index (κ3) is 3.76. The van der Waals surface area contributed by atoms with Gasteiger partial charge in [-0.05, 0) is 44.7 Å². The maximum absolute atomic E-state index is 12.8. The molecule has 1 fully saturated rings. The van der Waals surface area contributed by atoms with Crippen molar-refractivity contribution in [2.45, 2.75) is 50.6 Å². The van der Waals surface area contributed by atoms with Crippen LogP contribution in [0.2, 0.25) is 0 Å². The number of thioether (sulfide) groups is 1. The molecule has 0 saturated carbocycles. The van der Waals surface area contributed by atoms with Gasteiger partial charge in [0.15, 0.2) is 5.65 Å².